The number of nitrogens with two attached hydrogens (primary N) is 1. The lowest BCUT2D eigenvalue weighted by Crippen LogP contribution is -2.48. The van der Waals surface area contributed by atoms with Crippen LogP contribution >= 0.6 is 0 Å². The number of para-hydroxylation sites is 1. The van der Waals surface area contributed by atoms with Gasteiger partial charge in [0.15, 0.2) is 0 Å². The molecule has 1 aromatic carbocycles. The molecule has 110 valence electrons. The smallest absolute Gasteiger partial charge is 0.312 e. The number of urea groups is 1. The third-order valence-electron chi connectivity index (χ3n) is 3.07. The van der Waals surface area contributed by atoms with Gasteiger partial charge in [-0.1, -0.05) is 18.2 Å². The second kappa shape index (κ2) is 7.37. The number of hydrogen-bond acceptors (Lipinski definition) is 3. The summed E-state index contributed by atoms with van der Waals surface area (Å²) >= 11 is 0. The highest BCUT2D eigenvalue weighted by Crippen LogP contribution is 2.10. The molecule has 0 spiro atoms. The molecular weight excluding hydrogens is 256 g/mol. The topological polar surface area (TPSA) is 78.7 Å². The number of benzene rings is 1. The zero-order valence-corrected chi connectivity index (χ0v) is 12.2. The molecule has 6 heteroatoms. The van der Waals surface area contributed by atoms with Gasteiger partial charge in [-0.15, -0.1) is 0 Å². The number of nitrogens with zero attached hydrogens (tertiary/aromatic N) is 2. The minimum absolute atomic E-state index is 0.162. The Morgan fingerprint density at radius 1 is 1.20 bits per heavy atom. The molecule has 0 saturated heterocycles. The van der Waals surface area contributed by atoms with E-state index in [-0.39, 0.29) is 5.91 Å². The molecule has 0 saturated carbocycles. The van der Waals surface area contributed by atoms with Gasteiger partial charge in [0.25, 0.3) is 0 Å². The fourth-order valence-corrected chi connectivity index (χ4v) is 1.83. The van der Waals surface area contributed by atoms with Crippen LogP contribution in [0.2, 0.25) is 0 Å². The Morgan fingerprint density at radius 2 is 1.80 bits per heavy atom. The number of amides is 3. The fraction of sp³-hybridized carbons (Fsp3) is 0.429. The fourth-order valence-electron chi connectivity index (χ4n) is 1.83. The van der Waals surface area contributed by atoms with Crippen molar-refractivity contribution < 1.29 is 9.59 Å². The number of nitrogens with one attached hydrogen (secondary N) is 1. The van der Waals surface area contributed by atoms with Gasteiger partial charge in [-0.25, -0.2) is 4.79 Å². The van der Waals surface area contributed by atoms with Crippen LogP contribution in [0.1, 0.15) is 6.92 Å². The van der Waals surface area contributed by atoms with E-state index in [0.29, 0.717) is 13.1 Å². The summed E-state index contributed by atoms with van der Waals surface area (Å²) in [6, 6.07) is 8.63. The Labute approximate surface area is 119 Å². The summed E-state index contributed by atoms with van der Waals surface area (Å²) in [6.07, 6.45) is 0. The van der Waals surface area contributed by atoms with E-state index in [2.05, 4.69) is 10.2 Å². The third-order valence-corrected chi connectivity index (χ3v) is 3.07. The molecule has 0 heterocycles. The maximum absolute atomic E-state index is 12.0. The molecule has 0 bridgehead atoms. The van der Waals surface area contributed by atoms with Crippen LogP contribution in [0.25, 0.3) is 0 Å². The van der Waals surface area contributed by atoms with E-state index in [1.54, 1.807) is 18.9 Å². The number of likely N-dealkylation sites (N-methyl/N-ethyl adjacent to an activating group) is 2. The first-order valence-corrected chi connectivity index (χ1v) is 6.49. The highest BCUT2D eigenvalue weighted by atomic mass is 16.2. The molecule has 1 rings (SSSR count). The number of anilines is 1. The first-order chi connectivity index (χ1) is 9.41. The molecule has 0 aromatic heterocycles. The van der Waals surface area contributed by atoms with E-state index in [1.807, 2.05) is 37.4 Å². The summed E-state index contributed by atoms with van der Waals surface area (Å²) in [4.78, 5) is 26.3. The van der Waals surface area contributed by atoms with Crippen molar-refractivity contribution in [2.75, 3.05) is 32.1 Å². The van der Waals surface area contributed by atoms with Gasteiger partial charge < -0.3 is 20.9 Å². The number of carbonyl (C=O) groups is 2. The molecule has 1 atom stereocenters. The van der Waals surface area contributed by atoms with Gasteiger partial charge in [0.1, 0.15) is 6.04 Å². The molecule has 0 unspecified atom stereocenters. The van der Waals surface area contributed by atoms with Crippen LogP contribution in [0.15, 0.2) is 30.3 Å². The van der Waals surface area contributed by atoms with E-state index in [0.717, 1.165) is 5.69 Å². The second-order valence-electron chi connectivity index (χ2n) is 4.75. The van der Waals surface area contributed by atoms with Crippen molar-refractivity contribution in [2.45, 2.75) is 13.0 Å². The van der Waals surface area contributed by atoms with Crippen LogP contribution in [-0.4, -0.2) is 50.1 Å². The zero-order valence-electron chi connectivity index (χ0n) is 12.2. The lowest BCUT2D eigenvalue weighted by atomic mass is 10.3. The highest BCUT2D eigenvalue weighted by molar-refractivity contribution is 5.86. The monoisotopic (exact) mass is 278 g/mol. The zero-order chi connectivity index (χ0) is 15.1. The molecule has 1 aromatic rings. The number of primary amides is 1. The molecule has 0 fully saturated rings. The molecule has 3 amide bonds. The molecule has 6 nitrogen and oxygen atoms in total. The SMILES string of the molecule is C[C@@H](NC(N)=O)C(=O)N(C)CCN(C)c1ccccc1. The van der Waals surface area contributed by atoms with E-state index >= 15 is 0 Å². The third kappa shape index (κ3) is 4.79. The van der Waals surface area contributed by atoms with Gasteiger partial charge in [-0.3, -0.25) is 4.79 Å². The molecule has 0 aliphatic carbocycles. The van der Waals surface area contributed by atoms with E-state index in [1.165, 1.54) is 0 Å². The van der Waals surface area contributed by atoms with Crippen LogP contribution in [-0.2, 0) is 4.79 Å². The average molecular weight is 278 g/mol. The van der Waals surface area contributed by atoms with Gasteiger partial charge in [-0.2, -0.15) is 0 Å². The Morgan fingerprint density at radius 3 is 2.35 bits per heavy atom. The minimum atomic E-state index is -0.694. The molecule has 0 aliphatic rings. The quantitative estimate of drug-likeness (QED) is 0.801. The second-order valence-corrected chi connectivity index (χ2v) is 4.75. The molecular formula is C14H22N4O2. The van der Waals surface area contributed by atoms with Crippen molar-refractivity contribution in [3.8, 4) is 0 Å². The molecule has 3 N–H and O–H groups in total. The van der Waals surface area contributed by atoms with Crippen molar-refractivity contribution >= 4 is 17.6 Å². The van der Waals surface area contributed by atoms with Crippen molar-refractivity contribution in [1.82, 2.24) is 10.2 Å². The molecule has 0 radical (unpaired) electrons. The Hall–Kier alpha value is -2.24. The molecule has 20 heavy (non-hydrogen) atoms. The average Bonchev–Trinajstić information content (AvgIpc) is 2.43. The van der Waals surface area contributed by atoms with E-state index < -0.39 is 12.1 Å². The summed E-state index contributed by atoms with van der Waals surface area (Å²) in [5, 5.41) is 2.38. The first kappa shape index (κ1) is 15.8. The summed E-state index contributed by atoms with van der Waals surface area (Å²) < 4.78 is 0. The minimum Gasteiger partial charge on any atom is -0.373 e. The lowest BCUT2D eigenvalue weighted by molar-refractivity contribution is -0.131. The van der Waals surface area contributed by atoms with Gasteiger partial charge in [-0.05, 0) is 19.1 Å². The maximum Gasteiger partial charge on any atom is 0.312 e. The highest BCUT2D eigenvalue weighted by Gasteiger charge is 2.18. The summed E-state index contributed by atoms with van der Waals surface area (Å²) in [6.45, 7) is 2.88. The van der Waals surface area contributed by atoms with Crippen LogP contribution in [0.5, 0.6) is 0 Å². The van der Waals surface area contributed by atoms with Crippen molar-refractivity contribution in [1.29, 1.82) is 0 Å². The van der Waals surface area contributed by atoms with Crippen LogP contribution in [0.3, 0.4) is 0 Å². The van der Waals surface area contributed by atoms with Gasteiger partial charge in [0, 0.05) is 32.9 Å². The van der Waals surface area contributed by atoms with Gasteiger partial charge in [0.2, 0.25) is 5.91 Å². The van der Waals surface area contributed by atoms with E-state index in [4.69, 9.17) is 5.73 Å². The van der Waals surface area contributed by atoms with Crippen LogP contribution in [0, 0.1) is 0 Å². The number of rotatable bonds is 6. The maximum atomic E-state index is 12.0. The van der Waals surface area contributed by atoms with Crippen molar-refractivity contribution in [3.63, 3.8) is 0 Å². The normalized spacial score (nSPS) is 11.6. The number of hydrogen-bond donors (Lipinski definition) is 2. The predicted octanol–water partition coefficient (Wildman–Crippen LogP) is 0.638. The van der Waals surface area contributed by atoms with Crippen molar-refractivity contribution in [3.05, 3.63) is 30.3 Å². The lowest BCUT2D eigenvalue weighted by Gasteiger charge is -2.25. The Bertz CT molecular complexity index is 450. The Balaban J connectivity index is 2.44. The predicted molar refractivity (Wildman–Crippen MR) is 79.5 cm³/mol. The van der Waals surface area contributed by atoms with Crippen molar-refractivity contribution in [2.24, 2.45) is 5.73 Å². The van der Waals surface area contributed by atoms with Gasteiger partial charge >= 0.3 is 6.03 Å². The number of carbonyl (C=O) groups excluding carboxylic acids is 2. The Kier molecular flexibility index (Phi) is 5.83. The summed E-state index contributed by atoms with van der Waals surface area (Å²) in [5.74, 6) is -0.162. The van der Waals surface area contributed by atoms with Gasteiger partial charge in [0.05, 0.1) is 0 Å². The van der Waals surface area contributed by atoms with Crippen LogP contribution in [0.4, 0.5) is 10.5 Å². The van der Waals surface area contributed by atoms with E-state index in [9.17, 15) is 9.59 Å². The van der Waals surface area contributed by atoms with Crippen LogP contribution < -0.4 is 16.0 Å². The summed E-state index contributed by atoms with van der Waals surface area (Å²) in [5.41, 5.74) is 6.09. The first-order valence-electron chi connectivity index (χ1n) is 6.49. The standard InChI is InChI=1S/C14H22N4O2/c1-11(16-14(15)20)13(19)18(3)10-9-17(2)12-7-5-4-6-8-12/h4-8,11H,9-10H2,1-3H3,(H3,15,16,20)/t11-/m1/s1. The largest absolute Gasteiger partial charge is 0.373 e. The molecule has 0 aliphatic heterocycles. The summed E-state index contributed by atoms with van der Waals surface area (Å²) in [7, 11) is 3.68.